The van der Waals surface area contributed by atoms with Crippen LogP contribution < -0.4 is 4.90 Å². The van der Waals surface area contributed by atoms with Crippen LogP contribution in [0.15, 0.2) is 42.5 Å². The van der Waals surface area contributed by atoms with Gasteiger partial charge < -0.3 is 4.90 Å². The van der Waals surface area contributed by atoms with Crippen LogP contribution in [0.4, 0.5) is 5.69 Å². The Morgan fingerprint density at radius 3 is 2.04 bits per heavy atom. The zero-order valence-corrected chi connectivity index (χ0v) is 15.6. The molecule has 0 atom stereocenters. The third-order valence-electron chi connectivity index (χ3n) is 3.67. The lowest BCUT2D eigenvalue weighted by atomic mass is 10.0. The number of benzene rings is 1. The highest BCUT2D eigenvalue weighted by Crippen LogP contribution is 2.22. The number of hydrogen-bond donors (Lipinski definition) is 0. The predicted molar refractivity (Wildman–Crippen MR) is 103 cm³/mol. The van der Waals surface area contributed by atoms with Crippen molar-refractivity contribution >= 4 is 11.6 Å². The number of anilines is 1. The molecule has 1 aliphatic heterocycles. The lowest BCUT2D eigenvalue weighted by Gasteiger charge is -2.27. The third kappa shape index (κ3) is 9.22. The number of carbonyl (C=O) groups excluding carboxylic acids is 1. The smallest absolute Gasteiger partial charge is 0.231 e. The van der Waals surface area contributed by atoms with Gasteiger partial charge in [0, 0.05) is 18.7 Å². The summed E-state index contributed by atoms with van der Waals surface area (Å²) >= 11 is 0. The zero-order valence-electron chi connectivity index (χ0n) is 15.6. The van der Waals surface area contributed by atoms with E-state index in [1.54, 1.807) is 0 Å². The second-order valence-corrected chi connectivity index (χ2v) is 5.62. The highest BCUT2D eigenvalue weighted by Gasteiger charge is 2.20. The maximum atomic E-state index is 11.7. The standard InChI is InChI=1S/C12H13NO.C7H16.C2H6/c1-10-7-8-13(12(14)9-10)11-5-3-2-4-6-11;1-3-5-7-6-4-2;1-2/h2-6H,1,7-9H2;3-7H2,1-2H3;1-2H3. The van der Waals surface area contributed by atoms with Gasteiger partial charge >= 0.3 is 0 Å². The van der Waals surface area contributed by atoms with E-state index >= 15 is 0 Å². The first kappa shape index (κ1) is 21.4. The van der Waals surface area contributed by atoms with Crippen LogP contribution in [0.25, 0.3) is 0 Å². The monoisotopic (exact) mass is 317 g/mol. The Balaban J connectivity index is 0.000000460. The Bertz CT molecular complexity index is 421. The summed E-state index contributed by atoms with van der Waals surface area (Å²) in [5.41, 5.74) is 2.03. The molecule has 0 aromatic heterocycles. The fourth-order valence-electron chi connectivity index (χ4n) is 2.35. The van der Waals surface area contributed by atoms with Crippen molar-refractivity contribution in [2.24, 2.45) is 0 Å². The van der Waals surface area contributed by atoms with E-state index in [-0.39, 0.29) is 5.91 Å². The van der Waals surface area contributed by atoms with Crippen molar-refractivity contribution in [2.45, 2.75) is 72.6 Å². The largest absolute Gasteiger partial charge is 0.312 e. The minimum Gasteiger partial charge on any atom is -0.312 e. The SMILES string of the molecule is C=C1CCN(c2ccccc2)C(=O)C1.CC.CCCCCCC. The molecule has 2 nitrogen and oxygen atoms in total. The van der Waals surface area contributed by atoms with Crippen molar-refractivity contribution in [1.82, 2.24) is 0 Å². The average molecular weight is 318 g/mol. The van der Waals surface area contributed by atoms with Crippen LogP contribution in [0.1, 0.15) is 72.6 Å². The number of carbonyl (C=O) groups is 1. The molecule has 0 bridgehead atoms. The molecule has 1 saturated heterocycles. The molecule has 2 heteroatoms. The molecule has 0 unspecified atom stereocenters. The van der Waals surface area contributed by atoms with Crippen molar-refractivity contribution in [3.63, 3.8) is 0 Å². The molecule has 0 aliphatic carbocycles. The van der Waals surface area contributed by atoms with Crippen LogP contribution in [0.3, 0.4) is 0 Å². The number of hydrogen-bond acceptors (Lipinski definition) is 1. The normalized spacial score (nSPS) is 13.7. The first-order valence-electron chi connectivity index (χ1n) is 9.21. The predicted octanol–water partition coefficient (Wildman–Crippen LogP) is 6.37. The van der Waals surface area contributed by atoms with Crippen molar-refractivity contribution in [3.8, 4) is 0 Å². The fourth-order valence-corrected chi connectivity index (χ4v) is 2.35. The van der Waals surface area contributed by atoms with Gasteiger partial charge in [0.15, 0.2) is 0 Å². The van der Waals surface area contributed by atoms with Gasteiger partial charge in [-0.05, 0) is 18.6 Å². The lowest BCUT2D eigenvalue weighted by Crippen LogP contribution is -2.35. The summed E-state index contributed by atoms with van der Waals surface area (Å²) in [6.45, 7) is 13.1. The van der Waals surface area contributed by atoms with Gasteiger partial charge in [0.25, 0.3) is 0 Å². The summed E-state index contributed by atoms with van der Waals surface area (Å²) in [6, 6.07) is 9.78. The first-order valence-corrected chi connectivity index (χ1v) is 9.21. The summed E-state index contributed by atoms with van der Waals surface area (Å²) in [5, 5.41) is 0. The molecular formula is C21H35NO. The summed E-state index contributed by atoms with van der Waals surface area (Å²) < 4.78 is 0. The Kier molecular flexibility index (Phi) is 13.1. The van der Waals surface area contributed by atoms with Crippen molar-refractivity contribution in [2.75, 3.05) is 11.4 Å². The van der Waals surface area contributed by atoms with Gasteiger partial charge in [-0.2, -0.15) is 0 Å². The van der Waals surface area contributed by atoms with Crippen LogP contribution >= 0.6 is 0 Å². The van der Waals surface area contributed by atoms with Crippen molar-refractivity contribution in [1.29, 1.82) is 0 Å². The van der Waals surface area contributed by atoms with Crippen LogP contribution in [0.5, 0.6) is 0 Å². The molecule has 0 spiro atoms. The number of nitrogens with zero attached hydrogens (tertiary/aromatic N) is 1. The molecule has 2 rings (SSSR count). The van der Waals surface area contributed by atoms with E-state index in [0.29, 0.717) is 6.42 Å². The van der Waals surface area contributed by atoms with Crippen LogP contribution in [0.2, 0.25) is 0 Å². The molecule has 130 valence electrons. The minimum absolute atomic E-state index is 0.160. The summed E-state index contributed by atoms with van der Waals surface area (Å²) in [6.07, 6.45) is 8.42. The van der Waals surface area contributed by atoms with Gasteiger partial charge in [0.05, 0.1) is 0 Å². The Hall–Kier alpha value is -1.57. The van der Waals surface area contributed by atoms with E-state index in [2.05, 4.69) is 20.4 Å². The van der Waals surface area contributed by atoms with Gasteiger partial charge in [-0.15, -0.1) is 0 Å². The molecule has 1 aliphatic rings. The van der Waals surface area contributed by atoms with E-state index in [1.165, 1.54) is 32.1 Å². The molecule has 1 amide bonds. The van der Waals surface area contributed by atoms with E-state index < -0.39 is 0 Å². The maximum absolute atomic E-state index is 11.7. The zero-order chi connectivity index (χ0) is 17.5. The van der Waals surface area contributed by atoms with Gasteiger partial charge in [0.1, 0.15) is 0 Å². The lowest BCUT2D eigenvalue weighted by molar-refractivity contribution is -0.118. The number of rotatable bonds is 5. The number of para-hydroxylation sites is 1. The molecular weight excluding hydrogens is 282 g/mol. The molecule has 23 heavy (non-hydrogen) atoms. The third-order valence-corrected chi connectivity index (χ3v) is 3.67. The van der Waals surface area contributed by atoms with Gasteiger partial charge in [0.2, 0.25) is 5.91 Å². The van der Waals surface area contributed by atoms with Crippen molar-refractivity contribution < 1.29 is 4.79 Å². The second-order valence-electron chi connectivity index (χ2n) is 5.62. The Labute approximate surface area is 143 Å². The fraction of sp³-hybridized carbons (Fsp3) is 0.571. The molecule has 1 aromatic carbocycles. The van der Waals surface area contributed by atoms with Crippen LogP contribution in [-0.4, -0.2) is 12.5 Å². The van der Waals surface area contributed by atoms with E-state index in [0.717, 1.165) is 24.2 Å². The van der Waals surface area contributed by atoms with Crippen molar-refractivity contribution in [3.05, 3.63) is 42.5 Å². The Morgan fingerprint density at radius 1 is 1.00 bits per heavy atom. The van der Waals surface area contributed by atoms with Crippen LogP contribution in [0, 0.1) is 0 Å². The highest BCUT2D eigenvalue weighted by atomic mass is 16.2. The summed E-state index contributed by atoms with van der Waals surface area (Å²) in [5.74, 6) is 0.160. The highest BCUT2D eigenvalue weighted by molar-refractivity contribution is 5.95. The second kappa shape index (κ2) is 14.0. The van der Waals surface area contributed by atoms with Gasteiger partial charge in [-0.25, -0.2) is 0 Å². The number of amides is 1. The average Bonchev–Trinajstić information content (AvgIpc) is 2.59. The minimum atomic E-state index is 0.160. The molecule has 0 N–H and O–H groups in total. The number of piperidine rings is 1. The summed E-state index contributed by atoms with van der Waals surface area (Å²) in [7, 11) is 0. The molecule has 1 heterocycles. The molecule has 0 radical (unpaired) electrons. The van der Waals surface area contributed by atoms with Gasteiger partial charge in [-0.3, -0.25) is 4.79 Å². The Morgan fingerprint density at radius 2 is 1.57 bits per heavy atom. The maximum Gasteiger partial charge on any atom is 0.231 e. The van der Waals surface area contributed by atoms with Crippen LogP contribution in [-0.2, 0) is 4.79 Å². The summed E-state index contributed by atoms with van der Waals surface area (Å²) in [4.78, 5) is 13.5. The van der Waals surface area contributed by atoms with Gasteiger partial charge in [-0.1, -0.05) is 90.2 Å². The van der Waals surface area contributed by atoms with E-state index in [9.17, 15) is 4.79 Å². The molecule has 1 fully saturated rings. The molecule has 0 saturated carbocycles. The first-order chi connectivity index (χ1) is 11.2. The van der Waals surface area contributed by atoms with E-state index in [1.807, 2.05) is 49.1 Å². The topological polar surface area (TPSA) is 20.3 Å². The van der Waals surface area contributed by atoms with E-state index in [4.69, 9.17) is 0 Å². The quantitative estimate of drug-likeness (QED) is 0.456. The number of unbranched alkanes of at least 4 members (excludes halogenated alkanes) is 4. The molecule has 1 aromatic rings.